The van der Waals surface area contributed by atoms with Crippen LogP contribution < -0.4 is 22.1 Å². The van der Waals surface area contributed by atoms with Crippen molar-refractivity contribution in [3.8, 4) is 22.4 Å². The first kappa shape index (κ1) is 25.9. The molecule has 0 saturated carbocycles. The predicted octanol–water partition coefficient (Wildman–Crippen LogP) is 4.26. The van der Waals surface area contributed by atoms with Crippen LogP contribution in [-0.2, 0) is 9.59 Å². The van der Waals surface area contributed by atoms with Crippen molar-refractivity contribution in [2.45, 2.75) is 20.0 Å². The van der Waals surface area contributed by atoms with Gasteiger partial charge in [-0.2, -0.15) is 13.2 Å². The number of benzene rings is 1. The van der Waals surface area contributed by atoms with Crippen LogP contribution in [0.1, 0.15) is 12.5 Å². The fraction of sp³-hybridized carbons (Fsp3) is 0.120. The third-order valence-electron chi connectivity index (χ3n) is 4.96. The van der Waals surface area contributed by atoms with E-state index in [4.69, 9.17) is 11.5 Å². The molecule has 186 valence electrons. The van der Waals surface area contributed by atoms with E-state index >= 15 is 0 Å². The first-order chi connectivity index (χ1) is 16.9. The molecule has 3 rings (SSSR count). The number of allylic oxidation sites excluding steroid dienone is 3. The highest BCUT2D eigenvalue weighted by molar-refractivity contribution is 6.03. The smallest absolute Gasteiger partial charge is 0.395 e. The Bertz CT molecular complexity index is 1370. The van der Waals surface area contributed by atoms with Crippen LogP contribution >= 0.6 is 0 Å². The molecule has 0 atom stereocenters. The number of aryl methyl sites for hydroxylation is 1. The van der Waals surface area contributed by atoms with Crippen molar-refractivity contribution >= 4 is 23.3 Å². The summed E-state index contributed by atoms with van der Waals surface area (Å²) in [5.74, 6) is -0.634. The summed E-state index contributed by atoms with van der Waals surface area (Å²) in [7, 11) is 0. The molecule has 36 heavy (non-hydrogen) atoms. The largest absolute Gasteiger partial charge is 0.430 e. The van der Waals surface area contributed by atoms with Crippen LogP contribution in [0, 0.1) is 6.92 Å². The molecular formula is C25H23F3N6O2. The second-order valence-electron chi connectivity index (χ2n) is 7.77. The van der Waals surface area contributed by atoms with Gasteiger partial charge in [0.15, 0.2) is 0 Å². The summed E-state index contributed by atoms with van der Waals surface area (Å²) in [6.45, 7) is 3.28. The van der Waals surface area contributed by atoms with Crippen LogP contribution in [0.4, 0.5) is 24.7 Å². The van der Waals surface area contributed by atoms with Crippen LogP contribution in [0.2, 0.25) is 0 Å². The number of nitrogens with zero attached hydrogens (tertiary/aromatic N) is 2. The van der Waals surface area contributed by atoms with Crippen molar-refractivity contribution in [1.82, 2.24) is 9.97 Å². The minimum Gasteiger partial charge on any atom is -0.395 e. The van der Waals surface area contributed by atoms with Gasteiger partial charge in [0.1, 0.15) is 11.5 Å². The lowest BCUT2D eigenvalue weighted by molar-refractivity contribution is -0.114. The molecule has 3 aromatic rings. The van der Waals surface area contributed by atoms with Crippen molar-refractivity contribution in [3.63, 3.8) is 0 Å². The number of nitrogens with two attached hydrogens (primary N) is 2. The molecule has 0 bridgehead atoms. The number of amides is 2. The highest BCUT2D eigenvalue weighted by atomic mass is 19.4. The fourth-order valence-corrected chi connectivity index (χ4v) is 3.16. The Hall–Kier alpha value is -4.67. The highest BCUT2D eigenvalue weighted by Crippen LogP contribution is 2.30. The summed E-state index contributed by atoms with van der Waals surface area (Å²) in [6.07, 6.45) is -0.196. The number of carbonyl (C=O) groups is 2. The molecule has 0 fully saturated rings. The average molecular weight is 496 g/mol. The molecule has 0 unspecified atom stereocenters. The van der Waals surface area contributed by atoms with Gasteiger partial charge in [-0.1, -0.05) is 6.07 Å². The van der Waals surface area contributed by atoms with E-state index in [1.807, 2.05) is 13.0 Å². The molecule has 0 spiro atoms. The Morgan fingerprint density at radius 1 is 0.917 bits per heavy atom. The van der Waals surface area contributed by atoms with Crippen LogP contribution in [0.25, 0.3) is 22.4 Å². The summed E-state index contributed by atoms with van der Waals surface area (Å²) < 4.78 is 37.5. The summed E-state index contributed by atoms with van der Waals surface area (Å²) in [5.41, 5.74) is 13.0. The Morgan fingerprint density at radius 2 is 1.61 bits per heavy atom. The standard InChI is InChI=1S/C25H23F3N6O2/c1-14-3-4-18(34-24(36)20(29)5-6-22(30)25(26,27)28)13-19(14)16-7-9-31-21(11-16)17-8-10-32-23(12-17)33-15(2)35/h3-13H,29-30H2,1-2H3,(H,34,36)(H,32,33,35)/b20-5-,22-6-. The minimum atomic E-state index is -4.72. The van der Waals surface area contributed by atoms with Gasteiger partial charge in [0, 0.05) is 30.6 Å². The van der Waals surface area contributed by atoms with Crippen molar-refractivity contribution < 1.29 is 22.8 Å². The molecule has 0 aliphatic carbocycles. The molecule has 0 radical (unpaired) electrons. The molecule has 0 saturated heterocycles. The van der Waals surface area contributed by atoms with Crippen LogP contribution in [0.15, 0.2) is 78.4 Å². The maximum absolute atomic E-state index is 12.5. The number of hydrogen-bond acceptors (Lipinski definition) is 6. The molecule has 2 heterocycles. The number of rotatable bonds is 6. The van der Waals surface area contributed by atoms with Crippen LogP contribution in [0.3, 0.4) is 0 Å². The molecule has 2 aromatic heterocycles. The van der Waals surface area contributed by atoms with Gasteiger partial charge in [-0.05, 0) is 72.2 Å². The lowest BCUT2D eigenvalue weighted by Crippen LogP contribution is -2.21. The highest BCUT2D eigenvalue weighted by Gasteiger charge is 2.30. The molecule has 6 N–H and O–H groups in total. The number of anilines is 2. The van der Waals surface area contributed by atoms with Gasteiger partial charge in [-0.3, -0.25) is 14.6 Å². The maximum Gasteiger partial charge on any atom is 0.430 e. The van der Waals surface area contributed by atoms with E-state index in [1.165, 1.54) is 6.92 Å². The van der Waals surface area contributed by atoms with Crippen molar-refractivity contribution in [2.24, 2.45) is 11.5 Å². The first-order valence-electron chi connectivity index (χ1n) is 10.6. The normalized spacial score (nSPS) is 12.2. The number of nitrogens with one attached hydrogen (secondary N) is 2. The van der Waals surface area contributed by atoms with E-state index in [0.29, 0.717) is 23.3 Å². The number of carbonyl (C=O) groups excluding carboxylic acids is 2. The van der Waals surface area contributed by atoms with Gasteiger partial charge in [0.05, 0.1) is 11.4 Å². The van der Waals surface area contributed by atoms with Gasteiger partial charge in [0.2, 0.25) is 5.91 Å². The lowest BCUT2D eigenvalue weighted by atomic mass is 9.99. The lowest BCUT2D eigenvalue weighted by Gasteiger charge is -2.12. The van der Waals surface area contributed by atoms with E-state index in [9.17, 15) is 22.8 Å². The fourth-order valence-electron chi connectivity index (χ4n) is 3.16. The molecule has 0 aliphatic rings. The third-order valence-corrected chi connectivity index (χ3v) is 4.96. The van der Waals surface area contributed by atoms with E-state index in [2.05, 4.69) is 20.6 Å². The Morgan fingerprint density at radius 3 is 2.31 bits per heavy atom. The number of halogens is 3. The average Bonchev–Trinajstić information content (AvgIpc) is 2.82. The molecular weight excluding hydrogens is 473 g/mol. The zero-order valence-electron chi connectivity index (χ0n) is 19.4. The molecule has 0 aliphatic heterocycles. The minimum absolute atomic E-state index is 0.244. The van der Waals surface area contributed by atoms with Gasteiger partial charge in [-0.25, -0.2) is 4.98 Å². The summed E-state index contributed by atoms with van der Waals surface area (Å²) >= 11 is 0. The van der Waals surface area contributed by atoms with E-state index in [-0.39, 0.29) is 5.91 Å². The second kappa shape index (κ2) is 10.7. The SMILES string of the molecule is CC(=O)Nc1cc(-c2cc(-c3cc(NC(=O)/C(N)=C/C=C(\N)C(F)(F)F)ccc3C)ccn2)ccn1. The summed E-state index contributed by atoms with van der Waals surface area (Å²) in [5, 5.41) is 5.19. The summed E-state index contributed by atoms with van der Waals surface area (Å²) in [6, 6.07) is 12.3. The monoisotopic (exact) mass is 496 g/mol. The van der Waals surface area contributed by atoms with Gasteiger partial charge in [0.25, 0.3) is 5.91 Å². The maximum atomic E-state index is 12.5. The Kier molecular flexibility index (Phi) is 7.73. The molecule has 1 aromatic carbocycles. The van der Waals surface area contributed by atoms with Gasteiger partial charge >= 0.3 is 6.18 Å². The zero-order chi connectivity index (χ0) is 26.5. The Balaban J connectivity index is 1.86. The van der Waals surface area contributed by atoms with Crippen molar-refractivity contribution in [2.75, 3.05) is 10.6 Å². The third kappa shape index (κ3) is 6.69. The van der Waals surface area contributed by atoms with E-state index in [0.717, 1.165) is 28.3 Å². The topological polar surface area (TPSA) is 136 Å². The molecule has 2 amide bonds. The Labute approximate surface area is 204 Å². The predicted molar refractivity (Wildman–Crippen MR) is 131 cm³/mol. The molecule has 11 heteroatoms. The van der Waals surface area contributed by atoms with Gasteiger partial charge < -0.3 is 22.1 Å². The first-order valence-corrected chi connectivity index (χ1v) is 10.6. The quantitative estimate of drug-likeness (QED) is 0.297. The van der Waals surface area contributed by atoms with Crippen molar-refractivity contribution in [3.05, 3.63) is 84.0 Å². The van der Waals surface area contributed by atoms with E-state index < -0.39 is 23.5 Å². The second-order valence-corrected chi connectivity index (χ2v) is 7.77. The van der Waals surface area contributed by atoms with Gasteiger partial charge in [-0.15, -0.1) is 0 Å². The van der Waals surface area contributed by atoms with Crippen molar-refractivity contribution in [1.29, 1.82) is 0 Å². The number of hydrogen-bond donors (Lipinski definition) is 4. The van der Waals surface area contributed by atoms with E-state index in [1.54, 1.807) is 48.8 Å². The number of alkyl halides is 3. The van der Waals surface area contributed by atoms with Crippen LogP contribution in [-0.4, -0.2) is 28.0 Å². The van der Waals surface area contributed by atoms with Crippen LogP contribution in [0.5, 0.6) is 0 Å². The summed E-state index contributed by atoms with van der Waals surface area (Å²) in [4.78, 5) is 32.2. The zero-order valence-corrected chi connectivity index (χ0v) is 19.4. The molecule has 8 nitrogen and oxygen atoms in total. The number of pyridine rings is 2. The number of aromatic nitrogens is 2.